The number of halogens is 1. The summed E-state index contributed by atoms with van der Waals surface area (Å²) >= 11 is 0. The van der Waals surface area contributed by atoms with E-state index in [1.807, 2.05) is 99.0 Å². The van der Waals surface area contributed by atoms with Crippen LogP contribution in [0.3, 0.4) is 0 Å². The van der Waals surface area contributed by atoms with Gasteiger partial charge in [0.25, 0.3) is 5.91 Å². The summed E-state index contributed by atoms with van der Waals surface area (Å²) in [4.78, 5) is 140. The third kappa shape index (κ3) is 16.2. The molecule has 16 rings (SSSR count). The molecule has 30 nitrogen and oxygen atoms in total. The van der Waals surface area contributed by atoms with Crippen LogP contribution in [0.4, 0.5) is 28.6 Å². The summed E-state index contributed by atoms with van der Waals surface area (Å²) < 4.78 is 22.8. The predicted octanol–water partition coefficient (Wildman–Crippen LogP) is 8.41. The molecule has 0 spiro atoms. The first kappa shape index (κ1) is 76.5. The number of rotatable bonds is 11. The molecule has 8 aliphatic heterocycles. The normalized spacial score (nSPS) is 15.5. The van der Waals surface area contributed by atoms with E-state index in [0.29, 0.717) is 145 Å². The maximum absolute atomic E-state index is 13.3. The molecule has 0 fully saturated rings. The highest BCUT2D eigenvalue weighted by Gasteiger charge is 2.38. The van der Waals surface area contributed by atoms with Crippen LogP contribution >= 0.6 is 12.4 Å². The number of carbonyl (C=O) groups excluding carboxylic acids is 8. The molecule has 6 N–H and O–H groups in total. The summed E-state index contributed by atoms with van der Waals surface area (Å²) in [6.07, 6.45) is 2.50. The van der Waals surface area contributed by atoms with Crippen molar-refractivity contribution in [3.63, 3.8) is 0 Å². The summed E-state index contributed by atoms with van der Waals surface area (Å²) in [6.45, 7) is 26.7. The van der Waals surface area contributed by atoms with Gasteiger partial charge in [-0.1, -0.05) is 48.5 Å². The monoisotopic (exact) mass is 1500 g/mol. The number of fused-ring (bicyclic) bond motifs is 8. The third-order valence-corrected chi connectivity index (χ3v) is 20.2. The number of hydrogen-bond donors (Lipinski definition) is 6. The second-order valence-electron chi connectivity index (χ2n) is 28.4. The van der Waals surface area contributed by atoms with Crippen LogP contribution in [0, 0.1) is 0 Å². The number of hydroxylamine groups is 1. The van der Waals surface area contributed by atoms with E-state index in [2.05, 4.69) is 46.0 Å². The minimum absolute atomic E-state index is 0. The van der Waals surface area contributed by atoms with E-state index in [4.69, 9.17) is 39.1 Å². The number of aromatic amines is 3. The van der Waals surface area contributed by atoms with Crippen molar-refractivity contribution in [2.75, 3.05) is 65.6 Å². The first-order valence-electron chi connectivity index (χ1n) is 36.4. The SMILES string of the molecule is CC(=O)N1CCc2nc(N3Cc4cccc(C(=O)NO)c4C3)[nH]c2C1.CCOC(=O)c1cccc2c1CN(c1nc3c([nH]1)CN(C(C)=O)CC3)C2.CCOC(=O)c1cccc2c1CN(c1nc3c([nH]1)CNCC3)C2.CCOC(=O)c1cccc2c1CN(c1nc3c(n1C(=O)OC(C)(C)C)CN(C(C)=O)CC3)C2.Cl. The van der Waals surface area contributed by atoms with Crippen molar-refractivity contribution >= 4 is 83.8 Å². The summed E-state index contributed by atoms with van der Waals surface area (Å²) in [7, 11) is 0. The number of H-pyrrole nitrogens is 3. The van der Waals surface area contributed by atoms with Crippen LogP contribution in [-0.2, 0) is 138 Å². The maximum Gasteiger partial charge on any atom is 0.421 e. The van der Waals surface area contributed by atoms with Gasteiger partial charge in [0.1, 0.15) is 5.60 Å². The second kappa shape index (κ2) is 32.5. The highest BCUT2D eigenvalue weighted by atomic mass is 35.5. The Balaban J connectivity index is 0.000000135. The van der Waals surface area contributed by atoms with Gasteiger partial charge in [-0.05, 0) is 110 Å². The molecule has 0 unspecified atom stereocenters. The lowest BCUT2D eigenvalue weighted by Crippen LogP contribution is -2.37. The van der Waals surface area contributed by atoms with Crippen molar-refractivity contribution in [1.29, 1.82) is 0 Å². The van der Waals surface area contributed by atoms with Crippen LogP contribution < -0.4 is 30.4 Å². The van der Waals surface area contributed by atoms with Crippen LogP contribution in [0.5, 0.6) is 0 Å². The molecule has 31 heteroatoms. The van der Waals surface area contributed by atoms with E-state index < -0.39 is 17.6 Å². The Morgan fingerprint density at radius 3 is 1.23 bits per heavy atom. The van der Waals surface area contributed by atoms with E-state index in [1.54, 1.807) is 48.2 Å². The number of nitrogens with zero attached hydrogens (tertiary/aromatic N) is 12. The lowest BCUT2D eigenvalue weighted by Gasteiger charge is -2.27. The summed E-state index contributed by atoms with van der Waals surface area (Å²) in [5, 5.41) is 12.3. The largest absolute Gasteiger partial charge is 0.462 e. The number of ether oxygens (including phenoxy) is 4. The van der Waals surface area contributed by atoms with Gasteiger partial charge in [-0.2, -0.15) is 0 Å². The van der Waals surface area contributed by atoms with Gasteiger partial charge in [0.05, 0.1) is 102 Å². The molecular formula is C77H92ClN17O13. The number of anilines is 4. The Morgan fingerprint density at radius 1 is 0.463 bits per heavy atom. The van der Waals surface area contributed by atoms with Gasteiger partial charge in [0, 0.05) is 137 Å². The molecule has 0 aliphatic carbocycles. The van der Waals surface area contributed by atoms with E-state index in [0.717, 1.165) is 130 Å². The number of hydrogen-bond acceptors (Lipinski definition) is 22. The van der Waals surface area contributed by atoms with E-state index >= 15 is 0 Å². The van der Waals surface area contributed by atoms with Crippen LogP contribution in [0.15, 0.2) is 72.8 Å². The van der Waals surface area contributed by atoms with Crippen molar-refractivity contribution in [2.24, 2.45) is 0 Å². The van der Waals surface area contributed by atoms with Crippen LogP contribution in [0.1, 0.15) is 194 Å². The molecule has 0 saturated carbocycles. The van der Waals surface area contributed by atoms with E-state index in [1.165, 1.54) is 22.7 Å². The molecule has 4 amide bonds. The maximum atomic E-state index is 13.3. The molecular weight excluding hydrogens is 1410 g/mol. The molecule has 12 heterocycles. The average Bonchev–Trinajstić information content (AvgIpc) is 1.62. The van der Waals surface area contributed by atoms with Crippen molar-refractivity contribution in [2.45, 2.75) is 172 Å². The first-order valence-corrected chi connectivity index (χ1v) is 36.4. The standard InChI is InChI=1S/C24H30N4O5.C19H22N4O3.C17H19N5O3.C17H20N4O2.ClH/c1-6-32-21(30)17-9-7-8-16-12-27(13-18(16)17)22-25-19-10-11-26(15(2)29)14-20(19)28(22)23(31)33-24(3,4)5;1-3-26-18(25)14-6-4-5-13-9-23(10-15(13)14)19-20-16-7-8-22(12(2)24)11-17(16)21-19;1-10(23)21-6-5-14-15(9-21)19-17(18-14)22-7-11-3-2-4-12(13(11)8-22)16(24)20-25;1-2-23-16(22)12-5-3-4-11-9-21(10-13(11)12)17-19-14-6-7-18-8-15(14)20-17;/h7-9H,6,10-14H2,1-5H3;4-6H,3,7-11H2,1-2H3,(H,20,21);2-4,25H,5-9H2,1H3,(H,18,19)(H,20,24);3-5,18H,2,6-10H2,1H3,(H,19,20);1H. The number of imidazole rings is 4. The minimum Gasteiger partial charge on any atom is -0.462 e. The minimum atomic E-state index is -0.689. The lowest BCUT2D eigenvalue weighted by atomic mass is 10.0. The van der Waals surface area contributed by atoms with Gasteiger partial charge in [-0.15, -0.1) is 12.4 Å². The van der Waals surface area contributed by atoms with E-state index in [-0.39, 0.29) is 48.0 Å². The number of esters is 3. The molecule has 8 aliphatic rings. The van der Waals surface area contributed by atoms with Crippen molar-refractivity contribution in [1.82, 2.24) is 65.0 Å². The van der Waals surface area contributed by atoms with Crippen LogP contribution in [-0.4, -0.2) is 159 Å². The Kier molecular flexibility index (Phi) is 23.1. The Morgan fingerprint density at radius 2 is 0.833 bits per heavy atom. The number of aromatic nitrogens is 8. The predicted molar refractivity (Wildman–Crippen MR) is 399 cm³/mol. The Hall–Kier alpha value is -11.1. The summed E-state index contributed by atoms with van der Waals surface area (Å²) in [5.74, 6) is 1.62. The Bertz CT molecular complexity index is 4760. The molecule has 570 valence electrons. The molecule has 0 radical (unpaired) electrons. The fraction of sp³-hybridized carbons (Fsp3) is 0.429. The van der Waals surface area contributed by atoms with Crippen LogP contribution in [0.25, 0.3) is 0 Å². The molecule has 108 heavy (non-hydrogen) atoms. The zero-order valence-electron chi connectivity index (χ0n) is 62.3. The molecule has 0 saturated heterocycles. The molecule has 8 aromatic rings. The number of benzene rings is 4. The lowest BCUT2D eigenvalue weighted by molar-refractivity contribution is -0.130. The molecule has 0 atom stereocenters. The highest BCUT2D eigenvalue weighted by molar-refractivity contribution is 5.96. The van der Waals surface area contributed by atoms with Crippen molar-refractivity contribution in [3.05, 3.63) is 185 Å². The number of carbonyl (C=O) groups is 8. The number of nitrogens with one attached hydrogen (secondary N) is 5. The van der Waals surface area contributed by atoms with Crippen molar-refractivity contribution < 1.29 is 62.5 Å². The first-order chi connectivity index (χ1) is 51.5. The smallest absolute Gasteiger partial charge is 0.421 e. The zero-order chi connectivity index (χ0) is 75.5. The molecule has 0 bridgehead atoms. The van der Waals surface area contributed by atoms with Gasteiger partial charge in [-0.3, -0.25) is 24.4 Å². The quantitative estimate of drug-likeness (QED) is 0.0306. The van der Waals surface area contributed by atoms with Crippen LogP contribution in [0.2, 0.25) is 0 Å². The summed E-state index contributed by atoms with van der Waals surface area (Å²) in [5.41, 5.74) is 19.2. The molecule has 4 aromatic heterocycles. The zero-order valence-corrected chi connectivity index (χ0v) is 63.1. The fourth-order valence-corrected chi connectivity index (χ4v) is 14.8. The fourth-order valence-electron chi connectivity index (χ4n) is 14.8. The van der Waals surface area contributed by atoms with Gasteiger partial charge in [0.2, 0.25) is 41.5 Å². The second-order valence-corrected chi connectivity index (χ2v) is 28.4. The van der Waals surface area contributed by atoms with Gasteiger partial charge in [-0.25, -0.2) is 49.2 Å². The molecule has 4 aromatic carbocycles. The summed E-state index contributed by atoms with van der Waals surface area (Å²) in [6, 6.07) is 22.6. The topological polar surface area (TPSA) is 344 Å². The highest BCUT2D eigenvalue weighted by Crippen LogP contribution is 2.37. The number of amides is 4. The van der Waals surface area contributed by atoms with Gasteiger partial charge in [0.15, 0.2) is 0 Å². The van der Waals surface area contributed by atoms with Gasteiger partial charge < -0.3 is 73.5 Å². The van der Waals surface area contributed by atoms with Gasteiger partial charge >= 0.3 is 24.0 Å². The van der Waals surface area contributed by atoms with E-state index in [9.17, 15) is 38.4 Å². The third-order valence-electron chi connectivity index (χ3n) is 20.2. The van der Waals surface area contributed by atoms with Crippen molar-refractivity contribution in [3.8, 4) is 0 Å². The average molecular weight is 1500 g/mol. The Labute approximate surface area is 631 Å².